The smallest absolute Gasteiger partial charge is 0.273 e. The zero-order valence-corrected chi connectivity index (χ0v) is 20.8. The molecule has 1 saturated heterocycles. The minimum atomic E-state index is -1.24. The third-order valence-corrected chi connectivity index (χ3v) is 6.78. The molecule has 5 N–H and O–H groups in total. The van der Waals surface area contributed by atoms with Crippen LogP contribution in [0, 0.1) is 5.82 Å². The van der Waals surface area contributed by atoms with Gasteiger partial charge in [-0.15, -0.1) is 0 Å². The molecule has 4 rings (SSSR count). The summed E-state index contributed by atoms with van der Waals surface area (Å²) in [6, 6.07) is 10.6. The van der Waals surface area contributed by atoms with Gasteiger partial charge in [-0.3, -0.25) is 19.3 Å². The fourth-order valence-corrected chi connectivity index (χ4v) is 4.80. The zero-order chi connectivity index (χ0) is 26.5. The summed E-state index contributed by atoms with van der Waals surface area (Å²) in [4.78, 5) is 40.5. The van der Waals surface area contributed by atoms with E-state index in [9.17, 15) is 18.8 Å². The average molecular weight is 528 g/mol. The molecule has 12 heteroatoms. The van der Waals surface area contributed by atoms with E-state index in [1.165, 1.54) is 36.3 Å². The van der Waals surface area contributed by atoms with Crippen molar-refractivity contribution >= 4 is 40.6 Å². The van der Waals surface area contributed by atoms with Gasteiger partial charge >= 0.3 is 0 Å². The number of halogens is 1. The van der Waals surface area contributed by atoms with Crippen molar-refractivity contribution in [3.8, 4) is 5.75 Å². The van der Waals surface area contributed by atoms with Gasteiger partial charge in [0.1, 0.15) is 22.5 Å². The number of amides is 3. The van der Waals surface area contributed by atoms with Crippen molar-refractivity contribution in [3.05, 3.63) is 70.5 Å². The molecule has 1 fully saturated rings. The molecule has 3 aromatic rings. The molecule has 194 valence electrons. The number of methoxy groups -OCH3 is 1. The van der Waals surface area contributed by atoms with Gasteiger partial charge < -0.3 is 26.3 Å². The van der Waals surface area contributed by atoms with Crippen LogP contribution in [-0.4, -0.2) is 48.5 Å². The number of nitrogens with two attached hydrogens (primary N) is 2. The molecule has 0 saturated carbocycles. The van der Waals surface area contributed by atoms with Crippen LogP contribution in [0.2, 0.25) is 0 Å². The number of hydrogen-bond donors (Lipinski definition) is 3. The number of benzene rings is 2. The Labute approximate surface area is 216 Å². The number of carbonyl (C=O) groups is 3. The fourth-order valence-electron chi connectivity index (χ4n) is 4.06. The highest BCUT2D eigenvalue weighted by Gasteiger charge is 2.36. The Morgan fingerprint density at radius 2 is 2.03 bits per heavy atom. The SMILES string of the molecule is COc1cccc(N(C(=O)c2snc(C(N)=O)c2N)[C@@H](C(=O)NC[C@@H]2CCCO2)c2ccc(F)cc2)c1. The van der Waals surface area contributed by atoms with Gasteiger partial charge in [-0.2, -0.15) is 4.37 Å². The standard InChI is InChI=1S/C25H26FN5O5S/c1-35-17-5-2-4-16(12-17)31(25(34)22-19(27)20(23(28)32)30-37-22)21(14-7-9-15(26)10-8-14)24(33)29-13-18-6-3-11-36-18/h2,4-5,7-10,12,18,21H,3,6,11,13,27H2,1H3,(H2,28,32)(H,29,33)/t18-,21+/m0/s1. The first kappa shape index (κ1) is 26.0. The Morgan fingerprint density at radius 3 is 2.65 bits per heavy atom. The van der Waals surface area contributed by atoms with E-state index in [1.54, 1.807) is 24.3 Å². The number of aromatic nitrogens is 1. The van der Waals surface area contributed by atoms with Crippen molar-refractivity contribution in [2.75, 3.05) is 30.9 Å². The summed E-state index contributed by atoms with van der Waals surface area (Å²) in [5, 5.41) is 2.86. The third-order valence-electron chi connectivity index (χ3n) is 5.93. The van der Waals surface area contributed by atoms with E-state index < -0.39 is 29.6 Å². The molecule has 1 aliphatic rings. The first-order chi connectivity index (χ1) is 17.8. The van der Waals surface area contributed by atoms with Crippen LogP contribution in [-0.2, 0) is 9.53 Å². The van der Waals surface area contributed by atoms with E-state index in [2.05, 4.69) is 9.69 Å². The maximum absolute atomic E-state index is 14.0. The molecule has 0 spiro atoms. The maximum Gasteiger partial charge on any atom is 0.273 e. The van der Waals surface area contributed by atoms with Gasteiger partial charge in [0, 0.05) is 24.9 Å². The number of nitrogens with zero attached hydrogens (tertiary/aromatic N) is 2. The fraction of sp³-hybridized carbons (Fsp3) is 0.280. The largest absolute Gasteiger partial charge is 0.497 e. The minimum Gasteiger partial charge on any atom is -0.497 e. The molecule has 0 unspecified atom stereocenters. The number of hydrogen-bond acceptors (Lipinski definition) is 8. The van der Waals surface area contributed by atoms with Gasteiger partial charge in [-0.25, -0.2) is 4.39 Å². The van der Waals surface area contributed by atoms with Crippen LogP contribution >= 0.6 is 11.5 Å². The van der Waals surface area contributed by atoms with Crippen LogP contribution in [0.5, 0.6) is 5.75 Å². The monoisotopic (exact) mass is 527 g/mol. The molecule has 10 nitrogen and oxygen atoms in total. The summed E-state index contributed by atoms with van der Waals surface area (Å²) in [7, 11) is 1.47. The molecule has 37 heavy (non-hydrogen) atoms. The number of ether oxygens (including phenoxy) is 2. The van der Waals surface area contributed by atoms with Crippen molar-refractivity contribution < 1.29 is 28.2 Å². The quantitative estimate of drug-likeness (QED) is 0.387. The summed E-state index contributed by atoms with van der Waals surface area (Å²) >= 11 is 0.696. The highest BCUT2D eigenvalue weighted by atomic mass is 32.1. The van der Waals surface area contributed by atoms with Crippen molar-refractivity contribution in [2.45, 2.75) is 25.0 Å². The molecule has 1 aromatic heterocycles. The summed E-state index contributed by atoms with van der Waals surface area (Å²) in [6.07, 6.45) is 1.55. The predicted molar refractivity (Wildman–Crippen MR) is 136 cm³/mol. The zero-order valence-electron chi connectivity index (χ0n) is 20.0. The maximum atomic E-state index is 14.0. The molecule has 2 heterocycles. The van der Waals surface area contributed by atoms with Gasteiger partial charge in [-0.05, 0) is 54.2 Å². The predicted octanol–water partition coefficient (Wildman–Crippen LogP) is 2.66. The Morgan fingerprint density at radius 1 is 1.27 bits per heavy atom. The van der Waals surface area contributed by atoms with Gasteiger partial charge in [0.05, 0.1) is 18.9 Å². The lowest BCUT2D eigenvalue weighted by Crippen LogP contribution is -2.45. The van der Waals surface area contributed by atoms with E-state index in [0.717, 1.165) is 12.8 Å². The number of nitrogen functional groups attached to an aromatic ring is 1. The summed E-state index contributed by atoms with van der Waals surface area (Å²) < 4.78 is 28.7. The number of primary amides is 1. The highest BCUT2D eigenvalue weighted by molar-refractivity contribution is 7.09. The average Bonchev–Trinajstić information content (AvgIpc) is 3.56. The summed E-state index contributed by atoms with van der Waals surface area (Å²) in [5.74, 6) is -2.17. The summed E-state index contributed by atoms with van der Waals surface area (Å²) in [6.45, 7) is 0.856. The molecular weight excluding hydrogens is 501 g/mol. The van der Waals surface area contributed by atoms with Crippen LogP contribution < -0.4 is 26.4 Å². The highest BCUT2D eigenvalue weighted by Crippen LogP contribution is 2.34. The van der Waals surface area contributed by atoms with Crippen molar-refractivity contribution in [1.29, 1.82) is 0 Å². The second-order valence-corrected chi connectivity index (χ2v) is 9.12. The number of anilines is 2. The van der Waals surface area contributed by atoms with Gasteiger partial charge in [-0.1, -0.05) is 18.2 Å². The van der Waals surface area contributed by atoms with Crippen LogP contribution in [0.3, 0.4) is 0 Å². The van der Waals surface area contributed by atoms with E-state index in [0.29, 0.717) is 35.1 Å². The number of rotatable bonds is 9. The van der Waals surface area contributed by atoms with Crippen molar-refractivity contribution in [2.24, 2.45) is 5.73 Å². The van der Waals surface area contributed by atoms with Gasteiger partial charge in [0.15, 0.2) is 5.69 Å². The van der Waals surface area contributed by atoms with Crippen molar-refractivity contribution in [3.63, 3.8) is 0 Å². The number of nitrogens with one attached hydrogen (secondary N) is 1. The third kappa shape index (κ3) is 5.70. The lowest BCUT2D eigenvalue weighted by molar-refractivity contribution is -0.123. The minimum absolute atomic E-state index is 0.0735. The van der Waals surface area contributed by atoms with Crippen molar-refractivity contribution in [1.82, 2.24) is 9.69 Å². The van der Waals surface area contributed by atoms with E-state index in [-0.39, 0.29) is 28.9 Å². The van der Waals surface area contributed by atoms with E-state index in [4.69, 9.17) is 20.9 Å². The second-order valence-electron chi connectivity index (χ2n) is 8.35. The molecule has 2 aromatic carbocycles. The van der Waals surface area contributed by atoms with Gasteiger partial charge in [0.25, 0.3) is 11.8 Å². The Kier molecular flexibility index (Phi) is 7.99. The summed E-state index contributed by atoms with van der Waals surface area (Å²) in [5.41, 5.74) is 11.6. The Hall–Kier alpha value is -4.03. The molecule has 3 amide bonds. The molecule has 1 aliphatic heterocycles. The molecule has 0 bridgehead atoms. The molecule has 2 atom stereocenters. The van der Waals surface area contributed by atoms with E-state index >= 15 is 0 Å². The molecular formula is C25H26FN5O5S. The molecule has 0 radical (unpaired) electrons. The first-order valence-electron chi connectivity index (χ1n) is 11.5. The van der Waals surface area contributed by atoms with E-state index in [1.807, 2.05) is 0 Å². The Bertz CT molecular complexity index is 1290. The first-order valence-corrected chi connectivity index (χ1v) is 12.2. The Balaban J connectivity index is 1.82. The van der Waals surface area contributed by atoms with Gasteiger partial charge in [0.2, 0.25) is 5.91 Å². The van der Waals surface area contributed by atoms with Crippen LogP contribution in [0.15, 0.2) is 48.5 Å². The molecule has 0 aliphatic carbocycles. The van der Waals surface area contributed by atoms with Crippen LogP contribution in [0.25, 0.3) is 0 Å². The van der Waals surface area contributed by atoms with Crippen LogP contribution in [0.4, 0.5) is 15.8 Å². The second kappa shape index (κ2) is 11.4. The lowest BCUT2D eigenvalue weighted by atomic mass is 10.0. The van der Waals surface area contributed by atoms with Crippen LogP contribution in [0.1, 0.15) is 44.6 Å². The number of carbonyl (C=O) groups excluding carboxylic acids is 3. The normalized spacial score (nSPS) is 15.7. The topological polar surface area (TPSA) is 150 Å². The lowest BCUT2D eigenvalue weighted by Gasteiger charge is -2.31.